The largest absolute Gasteiger partial charge is 0.355 e. The fourth-order valence-electron chi connectivity index (χ4n) is 1.93. The Bertz CT molecular complexity index is 579. The van der Waals surface area contributed by atoms with Gasteiger partial charge in [-0.25, -0.2) is 0 Å². The number of benzene rings is 1. The van der Waals surface area contributed by atoms with Crippen molar-refractivity contribution in [3.63, 3.8) is 0 Å². The zero-order valence-corrected chi connectivity index (χ0v) is 13.8. The summed E-state index contributed by atoms with van der Waals surface area (Å²) >= 11 is 0. The van der Waals surface area contributed by atoms with Crippen LogP contribution in [0.4, 0.5) is 5.69 Å². The van der Waals surface area contributed by atoms with Crippen molar-refractivity contribution in [1.82, 2.24) is 10.2 Å². The first kappa shape index (κ1) is 18.4. The summed E-state index contributed by atoms with van der Waals surface area (Å²) in [5.41, 5.74) is 1.54. The fraction of sp³-hybridized carbons (Fsp3) is 0.353. The maximum Gasteiger partial charge on any atom is 0.247 e. The Balaban J connectivity index is 2.65. The topological polar surface area (TPSA) is 78.5 Å². The lowest BCUT2D eigenvalue weighted by Crippen LogP contribution is -2.39. The number of nitrogens with zero attached hydrogens (tertiary/aromatic N) is 1. The van der Waals surface area contributed by atoms with Gasteiger partial charge >= 0.3 is 0 Å². The van der Waals surface area contributed by atoms with Crippen LogP contribution in [0.25, 0.3) is 6.08 Å². The van der Waals surface area contributed by atoms with Crippen LogP contribution >= 0.6 is 0 Å². The summed E-state index contributed by atoms with van der Waals surface area (Å²) in [6, 6.07) is 7.12. The van der Waals surface area contributed by atoms with E-state index in [2.05, 4.69) is 10.6 Å². The molecule has 0 spiro atoms. The molecule has 6 heteroatoms. The number of nitrogens with one attached hydrogen (secondary N) is 2. The molecule has 0 bridgehead atoms. The standard InChI is InChI=1S/C17H23N3O3/c1-4-18-16(22)12-20(5-2)17(23)11-8-14-6-9-15(10-7-14)19-13(3)21/h6-11H,4-5,12H2,1-3H3,(H,18,22)(H,19,21)/b11-8+. The average Bonchev–Trinajstić information content (AvgIpc) is 2.51. The third kappa shape index (κ3) is 6.78. The Labute approximate surface area is 136 Å². The first-order chi connectivity index (χ1) is 11.0. The molecule has 0 aromatic heterocycles. The minimum atomic E-state index is -0.218. The summed E-state index contributed by atoms with van der Waals surface area (Å²) in [7, 11) is 0. The van der Waals surface area contributed by atoms with Crippen molar-refractivity contribution in [2.24, 2.45) is 0 Å². The number of likely N-dealkylation sites (N-methyl/N-ethyl adjacent to an activating group) is 2. The molecule has 0 aliphatic carbocycles. The molecule has 3 amide bonds. The highest BCUT2D eigenvalue weighted by Gasteiger charge is 2.12. The molecular formula is C17H23N3O3. The number of anilines is 1. The molecule has 0 aliphatic heterocycles. The van der Waals surface area contributed by atoms with Gasteiger partial charge in [-0.05, 0) is 37.6 Å². The molecule has 1 rings (SSSR count). The van der Waals surface area contributed by atoms with Gasteiger partial charge in [-0.3, -0.25) is 14.4 Å². The van der Waals surface area contributed by atoms with Gasteiger partial charge in [0.25, 0.3) is 0 Å². The molecule has 0 heterocycles. The predicted molar refractivity (Wildman–Crippen MR) is 90.7 cm³/mol. The molecule has 0 aliphatic rings. The summed E-state index contributed by atoms with van der Waals surface area (Å²) in [6.45, 7) is 6.16. The van der Waals surface area contributed by atoms with Gasteiger partial charge in [0, 0.05) is 31.8 Å². The summed E-state index contributed by atoms with van der Waals surface area (Å²) in [6.07, 6.45) is 3.12. The lowest BCUT2D eigenvalue weighted by atomic mass is 10.2. The van der Waals surface area contributed by atoms with E-state index >= 15 is 0 Å². The van der Waals surface area contributed by atoms with Crippen LogP contribution in [0.3, 0.4) is 0 Å². The highest BCUT2D eigenvalue weighted by molar-refractivity contribution is 5.94. The van der Waals surface area contributed by atoms with E-state index in [4.69, 9.17) is 0 Å². The number of carbonyl (C=O) groups is 3. The summed E-state index contributed by atoms with van der Waals surface area (Å²) in [5.74, 6) is -0.520. The number of carbonyl (C=O) groups excluding carboxylic acids is 3. The van der Waals surface area contributed by atoms with E-state index in [9.17, 15) is 14.4 Å². The number of amides is 3. The highest BCUT2D eigenvalue weighted by atomic mass is 16.2. The Hall–Kier alpha value is -2.63. The molecule has 1 aromatic carbocycles. The molecule has 6 nitrogen and oxygen atoms in total. The van der Waals surface area contributed by atoms with Crippen LogP contribution in [0, 0.1) is 0 Å². The Kier molecular flexibility index (Phi) is 7.53. The van der Waals surface area contributed by atoms with Gasteiger partial charge in [-0.15, -0.1) is 0 Å². The smallest absolute Gasteiger partial charge is 0.247 e. The summed E-state index contributed by atoms with van der Waals surface area (Å²) in [4.78, 5) is 36.1. The van der Waals surface area contributed by atoms with Crippen LogP contribution in [-0.2, 0) is 14.4 Å². The zero-order chi connectivity index (χ0) is 17.2. The van der Waals surface area contributed by atoms with Gasteiger partial charge in [-0.1, -0.05) is 12.1 Å². The quantitative estimate of drug-likeness (QED) is 0.751. The fourth-order valence-corrected chi connectivity index (χ4v) is 1.93. The molecule has 23 heavy (non-hydrogen) atoms. The van der Waals surface area contributed by atoms with Gasteiger partial charge in [0.05, 0.1) is 6.54 Å². The summed E-state index contributed by atoms with van der Waals surface area (Å²) in [5, 5.41) is 5.34. The monoisotopic (exact) mass is 317 g/mol. The second-order valence-corrected chi connectivity index (χ2v) is 4.94. The van der Waals surface area contributed by atoms with Crippen molar-refractivity contribution >= 4 is 29.5 Å². The predicted octanol–water partition coefficient (Wildman–Crippen LogP) is 1.64. The van der Waals surface area contributed by atoms with Crippen LogP contribution in [-0.4, -0.2) is 42.3 Å². The van der Waals surface area contributed by atoms with E-state index in [-0.39, 0.29) is 24.3 Å². The zero-order valence-electron chi connectivity index (χ0n) is 13.8. The molecule has 0 radical (unpaired) electrons. The lowest BCUT2D eigenvalue weighted by molar-refractivity contribution is -0.132. The number of hydrogen-bond acceptors (Lipinski definition) is 3. The van der Waals surface area contributed by atoms with Crippen LogP contribution in [0.5, 0.6) is 0 Å². The molecule has 0 atom stereocenters. The van der Waals surface area contributed by atoms with Gasteiger partial charge in [0.1, 0.15) is 0 Å². The van der Waals surface area contributed by atoms with Crippen LogP contribution < -0.4 is 10.6 Å². The van der Waals surface area contributed by atoms with Crippen molar-refractivity contribution in [3.05, 3.63) is 35.9 Å². The normalized spacial score (nSPS) is 10.4. The molecule has 0 saturated heterocycles. The van der Waals surface area contributed by atoms with Gasteiger partial charge < -0.3 is 15.5 Å². The van der Waals surface area contributed by atoms with Gasteiger partial charge in [0.15, 0.2) is 0 Å². The van der Waals surface area contributed by atoms with Crippen LogP contribution in [0.15, 0.2) is 30.3 Å². The second-order valence-electron chi connectivity index (χ2n) is 4.94. The van der Waals surface area contributed by atoms with E-state index in [1.165, 1.54) is 17.9 Å². The molecule has 124 valence electrons. The van der Waals surface area contributed by atoms with Crippen molar-refractivity contribution in [3.8, 4) is 0 Å². The lowest BCUT2D eigenvalue weighted by Gasteiger charge is -2.18. The van der Waals surface area contributed by atoms with Crippen molar-refractivity contribution in [2.45, 2.75) is 20.8 Å². The van der Waals surface area contributed by atoms with Gasteiger partial charge in [-0.2, -0.15) is 0 Å². The number of hydrogen-bond donors (Lipinski definition) is 2. The maximum absolute atomic E-state index is 12.1. The van der Waals surface area contributed by atoms with Gasteiger partial charge in [0.2, 0.25) is 17.7 Å². The minimum absolute atomic E-state index is 0.0506. The first-order valence-corrected chi connectivity index (χ1v) is 7.57. The molecule has 2 N–H and O–H groups in total. The molecule has 1 aromatic rings. The SMILES string of the molecule is CCNC(=O)CN(CC)C(=O)/C=C/c1ccc(NC(C)=O)cc1. The summed E-state index contributed by atoms with van der Waals surface area (Å²) < 4.78 is 0. The van der Waals surface area contributed by atoms with E-state index in [0.717, 1.165) is 5.56 Å². The Morgan fingerprint density at radius 1 is 1.13 bits per heavy atom. The third-order valence-corrected chi connectivity index (χ3v) is 3.05. The van der Waals surface area contributed by atoms with Crippen LogP contribution in [0.2, 0.25) is 0 Å². The van der Waals surface area contributed by atoms with E-state index in [0.29, 0.717) is 18.8 Å². The van der Waals surface area contributed by atoms with Crippen molar-refractivity contribution in [2.75, 3.05) is 25.0 Å². The van der Waals surface area contributed by atoms with E-state index < -0.39 is 0 Å². The molecule has 0 unspecified atom stereocenters. The van der Waals surface area contributed by atoms with E-state index in [1.807, 2.05) is 13.8 Å². The second kappa shape index (κ2) is 9.40. The Morgan fingerprint density at radius 2 is 1.78 bits per heavy atom. The van der Waals surface area contributed by atoms with Crippen LogP contribution in [0.1, 0.15) is 26.3 Å². The molecule has 0 saturated carbocycles. The minimum Gasteiger partial charge on any atom is -0.355 e. The van der Waals surface area contributed by atoms with E-state index in [1.54, 1.807) is 30.3 Å². The number of rotatable bonds is 7. The molecular weight excluding hydrogens is 294 g/mol. The van der Waals surface area contributed by atoms with Crippen molar-refractivity contribution in [1.29, 1.82) is 0 Å². The third-order valence-electron chi connectivity index (χ3n) is 3.05. The Morgan fingerprint density at radius 3 is 2.30 bits per heavy atom. The van der Waals surface area contributed by atoms with Crippen molar-refractivity contribution < 1.29 is 14.4 Å². The highest BCUT2D eigenvalue weighted by Crippen LogP contribution is 2.11. The molecule has 0 fully saturated rings. The first-order valence-electron chi connectivity index (χ1n) is 7.57. The maximum atomic E-state index is 12.1. The average molecular weight is 317 g/mol.